The summed E-state index contributed by atoms with van der Waals surface area (Å²) in [5.41, 5.74) is 0. The lowest BCUT2D eigenvalue weighted by atomic mass is 10.1. The number of halogens is 1. The maximum atomic E-state index is 11.5. The first-order chi connectivity index (χ1) is 6.66. The van der Waals surface area contributed by atoms with Crippen molar-refractivity contribution in [3.8, 4) is 0 Å². The lowest BCUT2D eigenvalue weighted by Gasteiger charge is -1.94. The molecule has 0 aliphatic heterocycles. The van der Waals surface area contributed by atoms with Crippen molar-refractivity contribution in [2.75, 3.05) is 0 Å². The second kappa shape index (κ2) is 3.69. The first kappa shape index (κ1) is 9.65. The van der Waals surface area contributed by atoms with Gasteiger partial charge in [-0.3, -0.25) is 9.59 Å². The van der Waals surface area contributed by atoms with E-state index in [1.165, 1.54) is 0 Å². The Morgan fingerprint density at radius 2 is 2.14 bits per heavy atom. The van der Waals surface area contributed by atoms with Crippen molar-refractivity contribution < 1.29 is 14.0 Å². The molecule has 0 saturated heterocycles. The molecule has 1 heterocycles. The van der Waals surface area contributed by atoms with Crippen LogP contribution < -0.4 is 0 Å². The van der Waals surface area contributed by atoms with E-state index in [2.05, 4.69) is 15.9 Å². The standard InChI is InChI=1S/C10H9BrO3/c11-10-4-3-9(14-10)8(13)5-7(12)6-1-2-6/h3-4,6H,1-2,5H2. The quantitative estimate of drug-likeness (QED) is 0.615. The van der Waals surface area contributed by atoms with Gasteiger partial charge in [-0.1, -0.05) is 0 Å². The van der Waals surface area contributed by atoms with Gasteiger partial charge in [0.2, 0.25) is 5.78 Å². The number of rotatable bonds is 4. The Morgan fingerprint density at radius 1 is 1.43 bits per heavy atom. The summed E-state index contributed by atoms with van der Waals surface area (Å²) in [7, 11) is 0. The van der Waals surface area contributed by atoms with E-state index in [-0.39, 0.29) is 29.7 Å². The number of hydrogen-bond acceptors (Lipinski definition) is 3. The average Bonchev–Trinajstić information content (AvgIpc) is 2.89. The van der Waals surface area contributed by atoms with E-state index in [9.17, 15) is 9.59 Å². The number of furan rings is 1. The molecule has 1 aliphatic carbocycles. The molecule has 74 valence electrons. The van der Waals surface area contributed by atoms with E-state index in [1.54, 1.807) is 12.1 Å². The van der Waals surface area contributed by atoms with Crippen LogP contribution in [0.25, 0.3) is 0 Å². The zero-order valence-corrected chi connectivity index (χ0v) is 9.04. The van der Waals surface area contributed by atoms with E-state index in [0.29, 0.717) is 4.67 Å². The molecule has 1 aliphatic rings. The fourth-order valence-electron chi connectivity index (χ4n) is 1.26. The molecule has 0 atom stereocenters. The van der Waals surface area contributed by atoms with Crippen LogP contribution >= 0.6 is 15.9 Å². The molecule has 0 radical (unpaired) electrons. The van der Waals surface area contributed by atoms with Crippen molar-refractivity contribution in [2.45, 2.75) is 19.3 Å². The maximum absolute atomic E-state index is 11.5. The van der Waals surface area contributed by atoms with Gasteiger partial charge in [-0.15, -0.1) is 0 Å². The minimum atomic E-state index is -0.229. The predicted octanol–water partition coefficient (Wildman–Crippen LogP) is 2.59. The molecular formula is C10H9BrO3. The van der Waals surface area contributed by atoms with Crippen LogP contribution in [0.15, 0.2) is 21.2 Å². The van der Waals surface area contributed by atoms with Gasteiger partial charge in [0.15, 0.2) is 10.4 Å². The topological polar surface area (TPSA) is 47.3 Å². The molecule has 4 heteroatoms. The van der Waals surface area contributed by atoms with Crippen LogP contribution in [-0.2, 0) is 4.79 Å². The predicted molar refractivity (Wildman–Crippen MR) is 53.1 cm³/mol. The van der Waals surface area contributed by atoms with Crippen LogP contribution in [0.3, 0.4) is 0 Å². The Kier molecular flexibility index (Phi) is 2.54. The van der Waals surface area contributed by atoms with Gasteiger partial charge >= 0.3 is 0 Å². The summed E-state index contributed by atoms with van der Waals surface area (Å²) in [4.78, 5) is 22.8. The monoisotopic (exact) mass is 256 g/mol. The van der Waals surface area contributed by atoms with Gasteiger partial charge in [0.25, 0.3) is 0 Å². The zero-order valence-electron chi connectivity index (χ0n) is 7.46. The number of carbonyl (C=O) groups excluding carboxylic acids is 2. The molecule has 2 rings (SSSR count). The van der Waals surface area contributed by atoms with E-state index >= 15 is 0 Å². The Morgan fingerprint density at radius 3 is 2.64 bits per heavy atom. The number of carbonyl (C=O) groups is 2. The molecule has 0 N–H and O–H groups in total. The lowest BCUT2D eigenvalue weighted by molar-refractivity contribution is -0.119. The molecule has 0 amide bonds. The van der Waals surface area contributed by atoms with Gasteiger partial charge in [-0.2, -0.15) is 0 Å². The number of Topliss-reactive ketones (excluding diaryl/α,β-unsaturated/α-hetero) is 2. The summed E-state index contributed by atoms with van der Waals surface area (Å²) in [6, 6.07) is 3.22. The molecule has 0 aromatic carbocycles. The Hall–Kier alpha value is -0.900. The summed E-state index contributed by atoms with van der Waals surface area (Å²) in [5, 5.41) is 0. The lowest BCUT2D eigenvalue weighted by Crippen LogP contribution is -2.08. The molecule has 0 bridgehead atoms. The van der Waals surface area contributed by atoms with E-state index in [4.69, 9.17) is 4.42 Å². The third-order valence-corrected chi connectivity index (χ3v) is 2.64. The molecule has 1 fully saturated rings. The summed E-state index contributed by atoms with van der Waals surface area (Å²) >= 11 is 3.10. The highest BCUT2D eigenvalue weighted by atomic mass is 79.9. The van der Waals surface area contributed by atoms with Crippen molar-refractivity contribution >= 4 is 27.5 Å². The molecule has 1 aromatic heterocycles. The van der Waals surface area contributed by atoms with Gasteiger partial charge in [-0.25, -0.2) is 0 Å². The van der Waals surface area contributed by atoms with Gasteiger partial charge in [-0.05, 0) is 40.9 Å². The Bertz CT molecular complexity index is 376. The minimum Gasteiger partial charge on any atom is -0.446 e. The van der Waals surface area contributed by atoms with Crippen LogP contribution in [0, 0.1) is 5.92 Å². The highest BCUT2D eigenvalue weighted by Crippen LogP contribution is 2.31. The largest absolute Gasteiger partial charge is 0.446 e. The fourth-order valence-corrected chi connectivity index (χ4v) is 1.57. The van der Waals surface area contributed by atoms with Crippen LogP contribution in [0.2, 0.25) is 0 Å². The first-order valence-electron chi connectivity index (χ1n) is 4.48. The number of hydrogen-bond donors (Lipinski definition) is 0. The van der Waals surface area contributed by atoms with Crippen molar-refractivity contribution in [2.24, 2.45) is 5.92 Å². The summed E-state index contributed by atoms with van der Waals surface area (Å²) in [5.74, 6) is 0.207. The minimum absolute atomic E-state index is 0.0232. The van der Waals surface area contributed by atoms with Crippen molar-refractivity contribution in [1.82, 2.24) is 0 Å². The third kappa shape index (κ3) is 2.12. The molecule has 14 heavy (non-hydrogen) atoms. The van der Waals surface area contributed by atoms with Gasteiger partial charge in [0.05, 0.1) is 6.42 Å². The van der Waals surface area contributed by atoms with Gasteiger partial charge < -0.3 is 4.42 Å². The molecule has 0 spiro atoms. The highest BCUT2D eigenvalue weighted by molar-refractivity contribution is 9.10. The highest BCUT2D eigenvalue weighted by Gasteiger charge is 2.31. The van der Waals surface area contributed by atoms with Crippen LogP contribution in [0.4, 0.5) is 0 Å². The fraction of sp³-hybridized carbons (Fsp3) is 0.400. The Labute approximate surface area is 89.6 Å². The van der Waals surface area contributed by atoms with E-state index < -0.39 is 0 Å². The molecule has 1 saturated carbocycles. The van der Waals surface area contributed by atoms with Crippen LogP contribution in [-0.4, -0.2) is 11.6 Å². The maximum Gasteiger partial charge on any atom is 0.205 e. The number of ketones is 2. The Balaban J connectivity index is 1.98. The van der Waals surface area contributed by atoms with Gasteiger partial charge in [0.1, 0.15) is 5.78 Å². The van der Waals surface area contributed by atoms with Crippen molar-refractivity contribution in [1.29, 1.82) is 0 Å². The van der Waals surface area contributed by atoms with Crippen LogP contribution in [0.1, 0.15) is 29.8 Å². The molecule has 0 unspecified atom stereocenters. The third-order valence-electron chi connectivity index (χ3n) is 2.22. The average molecular weight is 257 g/mol. The first-order valence-corrected chi connectivity index (χ1v) is 5.27. The van der Waals surface area contributed by atoms with E-state index in [1.807, 2.05) is 0 Å². The SMILES string of the molecule is O=C(CC(=O)C1CC1)c1ccc(Br)o1. The smallest absolute Gasteiger partial charge is 0.205 e. The summed E-state index contributed by atoms with van der Waals surface area (Å²) < 4.78 is 5.57. The van der Waals surface area contributed by atoms with Gasteiger partial charge in [0, 0.05) is 5.92 Å². The second-order valence-corrected chi connectivity index (χ2v) is 4.23. The second-order valence-electron chi connectivity index (χ2n) is 3.44. The van der Waals surface area contributed by atoms with Crippen molar-refractivity contribution in [3.63, 3.8) is 0 Å². The normalized spacial score (nSPS) is 15.5. The molecule has 3 nitrogen and oxygen atoms in total. The van der Waals surface area contributed by atoms with Crippen molar-refractivity contribution in [3.05, 3.63) is 22.6 Å². The molecular weight excluding hydrogens is 248 g/mol. The summed E-state index contributed by atoms with van der Waals surface area (Å²) in [6.45, 7) is 0. The molecule has 1 aromatic rings. The van der Waals surface area contributed by atoms with Crippen LogP contribution in [0.5, 0.6) is 0 Å². The van der Waals surface area contributed by atoms with E-state index in [0.717, 1.165) is 12.8 Å². The zero-order chi connectivity index (χ0) is 10.1. The summed E-state index contributed by atoms with van der Waals surface area (Å²) in [6.07, 6.45) is 1.85.